The van der Waals surface area contributed by atoms with Crippen LogP contribution in [-0.4, -0.2) is 49.4 Å². The zero-order valence-corrected chi connectivity index (χ0v) is 14.3. The lowest BCUT2D eigenvalue weighted by Gasteiger charge is -2.26. The molecule has 0 unspecified atom stereocenters. The standard InChI is InChI=1S/C19H27N3O2/c1-20-19(24)13-22-11-16(15-8-3-2-4-9-15)17(12-22)21-18(23)10-14-6-5-7-14/h2-4,8-9,14,16-17H,5-7,10-13H2,1H3,(H,20,24)(H,21,23)/t16-,17+/m1/s1. The number of amides is 2. The van der Waals surface area contributed by atoms with Gasteiger partial charge in [0.2, 0.25) is 11.8 Å². The Morgan fingerprint density at radius 3 is 2.50 bits per heavy atom. The van der Waals surface area contributed by atoms with Crippen LogP contribution in [0.5, 0.6) is 0 Å². The molecule has 1 aliphatic heterocycles. The Labute approximate surface area is 143 Å². The van der Waals surface area contributed by atoms with Gasteiger partial charge in [-0.05, 0) is 24.3 Å². The number of carbonyl (C=O) groups is 2. The van der Waals surface area contributed by atoms with Gasteiger partial charge in [-0.25, -0.2) is 0 Å². The Kier molecular flexibility index (Phi) is 5.51. The number of carbonyl (C=O) groups excluding carboxylic acids is 2. The average molecular weight is 329 g/mol. The van der Waals surface area contributed by atoms with E-state index in [4.69, 9.17) is 0 Å². The molecule has 0 radical (unpaired) electrons. The van der Waals surface area contributed by atoms with Crippen LogP contribution in [0.25, 0.3) is 0 Å². The summed E-state index contributed by atoms with van der Waals surface area (Å²) in [6, 6.07) is 10.4. The summed E-state index contributed by atoms with van der Waals surface area (Å²) in [4.78, 5) is 26.2. The third-order valence-electron chi connectivity index (χ3n) is 5.31. The number of hydrogen-bond acceptors (Lipinski definition) is 3. The molecule has 0 aromatic heterocycles. The highest BCUT2D eigenvalue weighted by Crippen LogP contribution is 2.31. The van der Waals surface area contributed by atoms with Crippen molar-refractivity contribution >= 4 is 11.8 Å². The van der Waals surface area contributed by atoms with Crippen molar-refractivity contribution in [2.45, 2.75) is 37.6 Å². The summed E-state index contributed by atoms with van der Waals surface area (Å²) < 4.78 is 0. The van der Waals surface area contributed by atoms with Crippen LogP contribution in [0.3, 0.4) is 0 Å². The molecule has 1 heterocycles. The molecule has 5 nitrogen and oxygen atoms in total. The van der Waals surface area contributed by atoms with Crippen molar-refractivity contribution in [3.63, 3.8) is 0 Å². The van der Waals surface area contributed by atoms with Gasteiger partial charge in [-0.3, -0.25) is 14.5 Å². The van der Waals surface area contributed by atoms with Crippen molar-refractivity contribution in [2.24, 2.45) is 5.92 Å². The first-order chi connectivity index (χ1) is 11.7. The van der Waals surface area contributed by atoms with E-state index in [1.807, 2.05) is 18.2 Å². The van der Waals surface area contributed by atoms with Crippen LogP contribution in [-0.2, 0) is 9.59 Å². The number of rotatable bonds is 6. The van der Waals surface area contributed by atoms with Gasteiger partial charge in [0.05, 0.1) is 6.54 Å². The summed E-state index contributed by atoms with van der Waals surface area (Å²) >= 11 is 0. The molecular weight excluding hydrogens is 302 g/mol. The zero-order chi connectivity index (χ0) is 16.9. The van der Waals surface area contributed by atoms with Crippen molar-refractivity contribution in [2.75, 3.05) is 26.7 Å². The first kappa shape index (κ1) is 17.0. The number of nitrogens with one attached hydrogen (secondary N) is 2. The molecule has 0 bridgehead atoms. The summed E-state index contributed by atoms with van der Waals surface area (Å²) in [5.41, 5.74) is 1.23. The quantitative estimate of drug-likeness (QED) is 0.832. The van der Waals surface area contributed by atoms with Crippen LogP contribution in [0, 0.1) is 5.92 Å². The summed E-state index contributed by atoms with van der Waals surface area (Å²) in [5, 5.41) is 5.91. The molecule has 2 fully saturated rings. The minimum absolute atomic E-state index is 0.0169. The van der Waals surface area contributed by atoms with Crippen molar-refractivity contribution < 1.29 is 9.59 Å². The van der Waals surface area contributed by atoms with E-state index in [0.29, 0.717) is 18.9 Å². The van der Waals surface area contributed by atoms with E-state index < -0.39 is 0 Å². The largest absolute Gasteiger partial charge is 0.358 e. The Morgan fingerprint density at radius 2 is 1.88 bits per heavy atom. The number of likely N-dealkylation sites (N-methyl/N-ethyl adjacent to an activating group) is 1. The maximum atomic E-state index is 12.4. The molecule has 2 aliphatic rings. The van der Waals surface area contributed by atoms with Gasteiger partial charge in [0.15, 0.2) is 0 Å². The predicted octanol–water partition coefficient (Wildman–Crippen LogP) is 1.51. The van der Waals surface area contributed by atoms with Crippen molar-refractivity contribution in [1.82, 2.24) is 15.5 Å². The van der Waals surface area contributed by atoms with E-state index >= 15 is 0 Å². The fraction of sp³-hybridized carbons (Fsp3) is 0.579. The van der Waals surface area contributed by atoms with Gasteiger partial charge in [-0.2, -0.15) is 0 Å². The van der Waals surface area contributed by atoms with E-state index in [0.717, 1.165) is 13.1 Å². The zero-order valence-electron chi connectivity index (χ0n) is 14.3. The molecule has 1 aromatic rings. The normalized spacial score (nSPS) is 24.4. The third-order valence-corrected chi connectivity index (χ3v) is 5.31. The third kappa shape index (κ3) is 4.15. The summed E-state index contributed by atoms with van der Waals surface area (Å²) in [7, 11) is 1.66. The van der Waals surface area contributed by atoms with Crippen molar-refractivity contribution in [1.29, 1.82) is 0 Å². The Hall–Kier alpha value is -1.88. The molecule has 3 rings (SSSR count). The second-order valence-corrected chi connectivity index (χ2v) is 7.06. The second-order valence-electron chi connectivity index (χ2n) is 7.06. The van der Waals surface area contributed by atoms with Crippen LogP contribution < -0.4 is 10.6 Å². The first-order valence-electron chi connectivity index (χ1n) is 8.93. The lowest BCUT2D eigenvalue weighted by atomic mass is 9.82. The van der Waals surface area contributed by atoms with Gasteiger partial charge in [0.1, 0.15) is 0 Å². The van der Waals surface area contributed by atoms with Gasteiger partial charge < -0.3 is 10.6 Å². The molecule has 1 aromatic carbocycles. The molecule has 2 amide bonds. The highest BCUT2D eigenvalue weighted by Gasteiger charge is 2.35. The minimum atomic E-state index is 0.0169. The van der Waals surface area contributed by atoms with Crippen LogP contribution >= 0.6 is 0 Å². The van der Waals surface area contributed by atoms with E-state index in [1.165, 1.54) is 24.8 Å². The van der Waals surface area contributed by atoms with Gasteiger partial charge >= 0.3 is 0 Å². The smallest absolute Gasteiger partial charge is 0.233 e. The minimum Gasteiger partial charge on any atom is -0.358 e. The summed E-state index contributed by atoms with van der Waals surface area (Å²) in [6.07, 6.45) is 4.27. The Bertz CT molecular complexity index is 571. The molecule has 1 saturated heterocycles. The predicted molar refractivity (Wildman–Crippen MR) is 93.6 cm³/mol. The molecule has 1 saturated carbocycles. The van der Waals surface area contributed by atoms with Crippen molar-refractivity contribution in [3.05, 3.63) is 35.9 Å². The maximum Gasteiger partial charge on any atom is 0.233 e. The van der Waals surface area contributed by atoms with Gasteiger partial charge in [0.25, 0.3) is 0 Å². The van der Waals surface area contributed by atoms with Crippen LogP contribution in [0.1, 0.15) is 37.2 Å². The highest BCUT2D eigenvalue weighted by atomic mass is 16.2. The number of hydrogen-bond donors (Lipinski definition) is 2. The summed E-state index contributed by atoms with van der Waals surface area (Å²) in [6.45, 7) is 1.91. The SMILES string of the molecule is CNC(=O)CN1C[C@H](NC(=O)CC2CCC2)[C@@H](c2ccccc2)C1. The van der Waals surface area contributed by atoms with Gasteiger partial charge in [0, 0.05) is 38.5 Å². The van der Waals surface area contributed by atoms with Crippen molar-refractivity contribution in [3.8, 4) is 0 Å². The Morgan fingerprint density at radius 1 is 1.12 bits per heavy atom. The van der Waals surface area contributed by atoms with E-state index in [1.54, 1.807) is 7.05 Å². The first-order valence-corrected chi connectivity index (χ1v) is 8.93. The lowest BCUT2D eigenvalue weighted by Crippen LogP contribution is -2.41. The highest BCUT2D eigenvalue weighted by molar-refractivity contribution is 5.78. The second kappa shape index (κ2) is 7.79. The van der Waals surface area contributed by atoms with E-state index in [2.05, 4.69) is 27.7 Å². The molecular formula is C19H27N3O2. The number of benzene rings is 1. The molecule has 2 atom stereocenters. The lowest BCUT2D eigenvalue weighted by molar-refractivity contribution is -0.123. The molecule has 130 valence electrons. The van der Waals surface area contributed by atoms with E-state index in [-0.39, 0.29) is 23.8 Å². The summed E-state index contributed by atoms with van der Waals surface area (Å²) in [5.74, 6) is 0.987. The molecule has 0 spiro atoms. The molecule has 2 N–H and O–H groups in total. The number of nitrogens with zero attached hydrogens (tertiary/aromatic N) is 1. The molecule has 5 heteroatoms. The van der Waals surface area contributed by atoms with Gasteiger partial charge in [-0.15, -0.1) is 0 Å². The van der Waals surface area contributed by atoms with Crippen LogP contribution in [0.4, 0.5) is 0 Å². The fourth-order valence-electron chi connectivity index (χ4n) is 3.71. The number of likely N-dealkylation sites (tertiary alicyclic amines) is 1. The average Bonchev–Trinajstić information content (AvgIpc) is 2.94. The maximum absolute atomic E-state index is 12.4. The van der Waals surface area contributed by atoms with Gasteiger partial charge in [-0.1, -0.05) is 36.8 Å². The van der Waals surface area contributed by atoms with Crippen LogP contribution in [0.2, 0.25) is 0 Å². The monoisotopic (exact) mass is 329 g/mol. The Balaban J connectivity index is 1.65. The van der Waals surface area contributed by atoms with Crippen LogP contribution in [0.15, 0.2) is 30.3 Å². The molecule has 1 aliphatic carbocycles. The topological polar surface area (TPSA) is 61.4 Å². The van der Waals surface area contributed by atoms with E-state index in [9.17, 15) is 9.59 Å². The fourth-order valence-corrected chi connectivity index (χ4v) is 3.71. The molecule has 24 heavy (non-hydrogen) atoms.